The smallest absolute Gasteiger partial charge is 0.241 e. The summed E-state index contributed by atoms with van der Waals surface area (Å²) >= 11 is 0. The molecule has 0 bridgehead atoms. The standard InChI is InChI=1S/C16H16F2N2O4S/c1-10-7-12(24-2)4-6-15(10)25(22,23)19-9-16(21)20-11-3-5-13(17)14(18)8-11/h3-8,19H,9H2,1-2H3,(H,20,21). The minimum atomic E-state index is -3.92. The average Bonchev–Trinajstić information content (AvgIpc) is 2.56. The molecule has 25 heavy (non-hydrogen) atoms. The number of aryl methyl sites for hydroxylation is 1. The van der Waals surface area contributed by atoms with Gasteiger partial charge in [-0.15, -0.1) is 0 Å². The molecule has 1 amide bonds. The number of amides is 1. The first-order valence-electron chi connectivity index (χ1n) is 7.12. The van der Waals surface area contributed by atoms with E-state index in [4.69, 9.17) is 4.74 Å². The summed E-state index contributed by atoms with van der Waals surface area (Å²) in [4.78, 5) is 11.8. The van der Waals surface area contributed by atoms with Crippen molar-refractivity contribution in [3.63, 3.8) is 0 Å². The van der Waals surface area contributed by atoms with E-state index >= 15 is 0 Å². The van der Waals surface area contributed by atoms with Gasteiger partial charge in [0.05, 0.1) is 18.6 Å². The Balaban J connectivity index is 2.03. The predicted molar refractivity (Wildman–Crippen MR) is 87.9 cm³/mol. The van der Waals surface area contributed by atoms with Gasteiger partial charge in [-0.3, -0.25) is 4.79 Å². The maximum absolute atomic E-state index is 13.1. The van der Waals surface area contributed by atoms with Gasteiger partial charge in [0.1, 0.15) is 5.75 Å². The fourth-order valence-corrected chi connectivity index (χ4v) is 3.27. The summed E-state index contributed by atoms with van der Waals surface area (Å²) < 4.78 is 57.6. The predicted octanol–water partition coefficient (Wildman–Crippen LogP) is 2.20. The van der Waals surface area contributed by atoms with Crippen LogP contribution in [-0.4, -0.2) is 28.0 Å². The normalized spacial score (nSPS) is 11.2. The van der Waals surface area contributed by atoms with E-state index in [0.717, 1.165) is 12.1 Å². The molecule has 0 saturated carbocycles. The number of carbonyl (C=O) groups excluding carboxylic acids is 1. The van der Waals surface area contributed by atoms with Crippen LogP contribution in [0.3, 0.4) is 0 Å². The summed E-state index contributed by atoms with van der Waals surface area (Å²) in [6.07, 6.45) is 0. The fraction of sp³-hybridized carbons (Fsp3) is 0.188. The highest BCUT2D eigenvalue weighted by Crippen LogP contribution is 2.20. The molecule has 0 fully saturated rings. The number of anilines is 1. The average molecular weight is 370 g/mol. The van der Waals surface area contributed by atoms with E-state index in [-0.39, 0.29) is 10.6 Å². The van der Waals surface area contributed by atoms with Crippen molar-refractivity contribution in [1.82, 2.24) is 4.72 Å². The van der Waals surface area contributed by atoms with Crippen molar-refractivity contribution < 1.29 is 26.7 Å². The van der Waals surface area contributed by atoms with Crippen LogP contribution < -0.4 is 14.8 Å². The number of carbonyl (C=O) groups is 1. The molecule has 0 heterocycles. The zero-order valence-electron chi connectivity index (χ0n) is 13.5. The van der Waals surface area contributed by atoms with Gasteiger partial charge in [0.2, 0.25) is 15.9 Å². The topological polar surface area (TPSA) is 84.5 Å². The summed E-state index contributed by atoms with van der Waals surface area (Å²) in [6.45, 7) is 1.03. The molecule has 0 unspecified atom stereocenters. The van der Waals surface area contributed by atoms with E-state index in [1.807, 2.05) is 0 Å². The lowest BCUT2D eigenvalue weighted by atomic mass is 10.2. The molecule has 2 rings (SSSR count). The molecule has 0 radical (unpaired) electrons. The Kier molecular flexibility index (Phi) is 5.70. The molecule has 134 valence electrons. The van der Waals surface area contributed by atoms with Gasteiger partial charge in [0.15, 0.2) is 11.6 Å². The van der Waals surface area contributed by atoms with Crippen molar-refractivity contribution >= 4 is 21.6 Å². The number of hydrogen-bond acceptors (Lipinski definition) is 4. The fourth-order valence-electron chi connectivity index (χ4n) is 2.07. The van der Waals surface area contributed by atoms with Gasteiger partial charge in [0.25, 0.3) is 0 Å². The van der Waals surface area contributed by atoms with Gasteiger partial charge in [-0.2, -0.15) is 0 Å². The molecule has 0 aliphatic heterocycles. The van der Waals surface area contributed by atoms with Crippen LogP contribution in [0, 0.1) is 18.6 Å². The third-order valence-electron chi connectivity index (χ3n) is 3.30. The quantitative estimate of drug-likeness (QED) is 0.816. The second-order valence-corrected chi connectivity index (χ2v) is 6.87. The zero-order valence-corrected chi connectivity index (χ0v) is 14.3. The van der Waals surface area contributed by atoms with E-state index in [2.05, 4.69) is 10.0 Å². The molecule has 0 aliphatic rings. The number of methoxy groups -OCH3 is 1. The molecule has 2 aromatic carbocycles. The van der Waals surface area contributed by atoms with Crippen molar-refractivity contribution in [3.05, 3.63) is 53.6 Å². The van der Waals surface area contributed by atoms with E-state index < -0.39 is 34.1 Å². The maximum Gasteiger partial charge on any atom is 0.241 e. The molecule has 0 aliphatic carbocycles. The lowest BCUT2D eigenvalue weighted by molar-refractivity contribution is -0.115. The molecule has 0 spiro atoms. The molecule has 9 heteroatoms. The van der Waals surface area contributed by atoms with Crippen LogP contribution >= 0.6 is 0 Å². The van der Waals surface area contributed by atoms with E-state index in [1.54, 1.807) is 13.0 Å². The summed E-state index contributed by atoms with van der Waals surface area (Å²) in [5.41, 5.74) is 0.469. The van der Waals surface area contributed by atoms with E-state index in [0.29, 0.717) is 11.3 Å². The summed E-state index contributed by atoms with van der Waals surface area (Å²) in [7, 11) is -2.46. The van der Waals surface area contributed by atoms with Gasteiger partial charge in [0, 0.05) is 11.8 Å². The van der Waals surface area contributed by atoms with Crippen LogP contribution in [0.5, 0.6) is 5.75 Å². The molecule has 0 atom stereocenters. The third kappa shape index (κ3) is 4.74. The zero-order chi connectivity index (χ0) is 18.6. The highest BCUT2D eigenvalue weighted by atomic mass is 32.2. The van der Waals surface area contributed by atoms with Crippen LogP contribution in [0.2, 0.25) is 0 Å². The van der Waals surface area contributed by atoms with E-state index in [1.165, 1.54) is 25.3 Å². The molecule has 2 aromatic rings. The Morgan fingerprint density at radius 2 is 1.84 bits per heavy atom. The van der Waals surface area contributed by atoms with Crippen LogP contribution in [0.4, 0.5) is 14.5 Å². The minimum absolute atomic E-state index is 0.00827. The van der Waals surface area contributed by atoms with Crippen molar-refractivity contribution in [2.45, 2.75) is 11.8 Å². The first kappa shape index (κ1) is 18.8. The lowest BCUT2D eigenvalue weighted by Crippen LogP contribution is -2.33. The van der Waals surface area contributed by atoms with Crippen molar-refractivity contribution in [2.75, 3.05) is 19.0 Å². The number of benzene rings is 2. The summed E-state index contributed by atoms with van der Waals surface area (Å²) in [5.74, 6) is -2.38. The lowest BCUT2D eigenvalue weighted by Gasteiger charge is -2.11. The van der Waals surface area contributed by atoms with Crippen molar-refractivity contribution in [1.29, 1.82) is 0 Å². The SMILES string of the molecule is COc1ccc(S(=O)(=O)NCC(=O)Nc2ccc(F)c(F)c2)c(C)c1. The number of sulfonamides is 1. The van der Waals surface area contributed by atoms with Gasteiger partial charge >= 0.3 is 0 Å². The van der Waals surface area contributed by atoms with Crippen LogP contribution in [-0.2, 0) is 14.8 Å². The Morgan fingerprint density at radius 1 is 1.12 bits per heavy atom. The molecule has 0 aromatic heterocycles. The first-order chi connectivity index (χ1) is 11.7. The van der Waals surface area contributed by atoms with Gasteiger partial charge in [-0.05, 0) is 42.8 Å². The monoisotopic (exact) mass is 370 g/mol. The molecular formula is C16H16F2N2O4S. The van der Waals surface area contributed by atoms with Gasteiger partial charge in [-0.1, -0.05) is 0 Å². The Bertz CT molecular complexity index is 901. The highest BCUT2D eigenvalue weighted by Gasteiger charge is 2.18. The second kappa shape index (κ2) is 7.58. The Hall–Kier alpha value is -2.52. The van der Waals surface area contributed by atoms with Crippen molar-refractivity contribution in [3.8, 4) is 5.75 Å². The van der Waals surface area contributed by atoms with E-state index in [9.17, 15) is 22.0 Å². The first-order valence-corrected chi connectivity index (χ1v) is 8.60. The Morgan fingerprint density at radius 3 is 2.44 bits per heavy atom. The maximum atomic E-state index is 13.1. The van der Waals surface area contributed by atoms with Crippen LogP contribution in [0.25, 0.3) is 0 Å². The van der Waals surface area contributed by atoms with Crippen LogP contribution in [0.15, 0.2) is 41.3 Å². The largest absolute Gasteiger partial charge is 0.497 e. The number of nitrogens with one attached hydrogen (secondary N) is 2. The number of halogens is 2. The van der Waals surface area contributed by atoms with Gasteiger partial charge in [-0.25, -0.2) is 21.9 Å². The molecular weight excluding hydrogens is 354 g/mol. The number of ether oxygens (including phenoxy) is 1. The summed E-state index contributed by atoms with van der Waals surface area (Å²) in [6, 6.07) is 7.23. The Labute approximate surface area is 143 Å². The molecule has 0 saturated heterocycles. The summed E-state index contributed by atoms with van der Waals surface area (Å²) in [5, 5.41) is 2.27. The minimum Gasteiger partial charge on any atom is -0.497 e. The molecule has 6 nitrogen and oxygen atoms in total. The number of rotatable bonds is 6. The molecule has 2 N–H and O–H groups in total. The van der Waals surface area contributed by atoms with Gasteiger partial charge < -0.3 is 10.1 Å². The van der Waals surface area contributed by atoms with Crippen LogP contribution in [0.1, 0.15) is 5.56 Å². The third-order valence-corrected chi connectivity index (χ3v) is 4.86. The number of hydrogen-bond donors (Lipinski definition) is 2. The highest BCUT2D eigenvalue weighted by molar-refractivity contribution is 7.89. The van der Waals surface area contributed by atoms with Crippen molar-refractivity contribution in [2.24, 2.45) is 0 Å². The second-order valence-electron chi connectivity index (χ2n) is 5.13.